The second-order valence-corrected chi connectivity index (χ2v) is 10.3. The minimum absolute atomic E-state index is 0.0148. The molecule has 6 nitrogen and oxygen atoms in total. The van der Waals surface area contributed by atoms with E-state index in [1.165, 1.54) is 6.07 Å². The molecule has 0 spiro atoms. The molecule has 1 saturated carbocycles. The molecular weight excluding hydrogens is 449 g/mol. The lowest BCUT2D eigenvalue weighted by atomic mass is 9.60. The predicted octanol–water partition coefficient (Wildman–Crippen LogP) is 4.90. The maximum absolute atomic E-state index is 14.1. The number of nitrogens with zero attached hydrogens (tertiary/aromatic N) is 1. The van der Waals surface area contributed by atoms with E-state index in [1.807, 2.05) is 12.1 Å². The third kappa shape index (κ3) is 5.96. The number of halogens is 1. The third-order valence-corrected chi connectivity index (χ3v) is 7.13. The van der Waals surface area contributed by atoms with Crippen molar-refractivity contribution in [1.29, 1.82) is 0 Å². The van der Waals surface area contributed by atoms with Crippen molar-refractivity contribution >= 4 is 11.9 Å². The van der Waals surface area contributed by atoms with Gasteiger partial charge in [-0.1, -0.05) is 32.1 Å². The molecule has 7 heteroatoms. The van der Waals surface area contributed by atoms with Crippen LogP contribution in [0.15, 0.2) is 54.9 Å². The van der Waals surface area contributed by atoms with E-state index in [1.54, 1.807) is 37.5 Å². The third-order valence-electron chi connectivity index (χ3n) is 7.13. The number of hydrogen-bond acceptors (Lipinski definition) is 6. The summed E-state index contributed by atoms with van der Waals surface area (Å²) in [7, 11) is 0. The number of rotatable bonds is 5. The number of hydrogen-bond donors (Lipinski definition) is 1. The van der Waals surface area contributed by atoms with Crippen LogP contribution in [-0.2, 0) is 14.3 Å². The molecule has 186 valence electrons. The number of ether oxygens (including phenoxy) is 2. The Morgan fingerprint density at radius 1 is 1.20 bits per heavy atom. The first-order chi connectivity index (χ1) is 16.6. The highest BCUT2D eigenvalue weighted by Gasteiger charge is 2.44. The van der Waals surface area contributed by atoms with E-state index >= 15 is 0 Å². The summed E-state index contributed by atoms with van der Waals surface area (Å²) in [6.07, 6.45) is 7.11. The van der Waals surface area contributed by atoms with Crippen LogP contribution in [0.25, 0.3) is 0 Å². The van der Waals surface area contributed by atoms with Crippen molar-refractivity contribution in [3.05, 3.63) is 77.4 Å². The molecule has 3 unspecified atom stereocenters. The first-order valence-electron chi connectivity index (χ1n) is 12.1. The zero-order valence-corrected chi connectivity index (χ0v) is 20.3. The smallest absolute Gasteiger partial charge is 0.338 e. The van der Waals surface area contributed by atoms with Gasteiger partial charge in [0.05, 0.1) is 18.1 Å². The molecule has 1 aromatic carbocycles. The Hall–Kier alpha value is -3.06. The average molecular weight is 482 g/mol. The van der Waals surface area contributed by atoms with Crippen molar-refractivity contribution in [2.45, 2.75) is 70.7 Å². The van der Waals surface area contributed by atoms with Crippen LogP contribution >= 0.6 is 0 Å². The number of esters is 2. The quantitative estimate of drug-likeness (QED) is 0.483. The fourth-order valence-electron chi connectivity index (χ4n) is 5.38. The summed E-state index contributed by atoms with van der Waals surface area (Å²) in [5.41, 5.74) is 1.70. The second-order valence-electron chi connectivity index (χ2n) is 10.3. The number of aliphatic hydroxyl groups is 1. The molecule has 2 fully saturated rings. The Kier molecular flexibility index (Phi) is 7.36. The molecule has 5 atom stereocenters. The standard InChI is InChI=1S/C28H32FNO5/c1-17-12-19(4-7-25(17)29)23-15-22(35-27(33)18-8-10-30-11-9-18)16-28(2,3)24(23)6-5-21-13-20(31)14-26(32)34-21/h4-12,20-24,31H,13-16H2,1-3H3/t20-,21-,22?,23?,24?/m1/s1. The molecule has 1 aromatic heterocycles. The lowest BCUT2D eigenvalue weighted by Crippen LogP contribution is -2.41. The Morgan fingerprint density at radius 3 is 2.63 bits per heavy atom. The van der Waals surface area contributed by atoms with Crippen LogP contribution in [0.3, 0.4) is 0 Å². The van der Waals surface area contributed by atoms with Gasteiger partial charge in [-0.2, -0.15) is 0 Å². The number of aromatic nitrogens is 1. The van der Waals surface area contributed by atoms with Gasteiger partial charge in [0.1, 0.15) is 18.0 Å². The Morgan fingerprint density at radius 2 is 1.94 bits per heavy atom. The summed E-state index contributed by atoms with van der Waals surface area (Å²) in [5.74, 6) is -1.09. The van der Waals surface area contributed by atoms with Crippen molar-refractivity contribution in [2.24, 2.45) is 11.3 Å². The number of aryl methyl sites for hydroxylation is 1. The van der Waals surface area contributed by atoms with E-state index < -0.39 is 18.2 Å². The normalized spacial score (nSPS) is 28.5. The van der Waals surface area contributed by atoms with E-state index in [-0.39, 0.29) is 41.6 Å². The van der Waals surface area contributed by atoms with E-state index in [0.717, 1.165) is 5.56 Å². The molecule has 0 bridgehead atoms. The number of aliphatic hydroxyl groups excluding tert-OH is 1. The van der Waals surface area contributed by atoms with Gasteiger partial charge in [0.25, 0.3) is 0 Å². The molecule has 4 rings (SSSR count). The zero-order chi connectivity index (χ0) is 25.2. The van der Waals surface area contributed by atoms with Crippen molar-refractivity contribution in [1.82, 2.24) is 4.98 Å². The van der Waals surface area contributed by atoms with Crippen LogP contribution in [0.2, 0.25) is 0 Å². The lowest BCUT2D eigenvalue weighted by Gasteiger charge is -2.46. The van der Waals surface area contributed by atoms with E-state index in [9.17, 15) is 19.1 Å². The predicted molar refractivity (Wildman–Crippen MR) is 128 cm³/mol. The molecular formula is C28H32FNO5. The fourth-order valence-corrected chi connectivity index (χ4v) is 5.38. The van der Waals surface area contributed by atoms with E-state index in [0.29, 0.717) is 30.4 Å². The summed E-state index contributed by atoms with van der Waals surface area (Å²) in [5, 5.41) is 9.97. The van der Waals surface area contributed by atoms with Crippen LogP contribution in [0, 0.1) is 24.1 Å². The topological polar surface area (TPSA) is 85.7 Å². The highest BCUT2D eigenvalue weighted by molar-refractivity contribution is 5.89. The van der Waals surface area contributed by atoms with Crippen LogP contribution in [-0.4, -0.2) is 40.3 Å². The molecule has 2 heterocycles. The number of cyclic esters (lactones) is 1. The molecule has 0 amide bonds. The van der Waals surface area contributed by atoms with Crippen LogP contribution in [0.4, 0.5) is 4.39 Å². The molecule has 1 saturated heterocycles. The number of carbonyl (C=O) groups excluding carboxylic acids is 2. The Bertz CT molecular complexity index is 1100. The summed E-state index contributed by atoms with van der Waals surface area (Å²) in [6, 6.07) is 8.38. The maximum atomic E-state index is 14.1. The van der Waals surface area contributed by atoms with Crippen LogP contribution < -0.4 is 0 Å². The molecule has 2 aromatic rings. The highest BCUT2D eigenvalue weighted by atomic mass is 19.1. The fraction of sp³-hybridized carbons (Fsp3) is 0.464. The molecule has 1 N–H and O–H groups in total. The van der Waals surface area contributed by atoms with Gasteiger partial charge < -0.3 is 14.6 Å². The zero-order valence-electron chi connectivity index (χ0n) is 20.3. The number of carbonyl (C=O) groups is 2. The van der Waals surface area contributed by atoms with Gasteiger partial charge >= 0.3 is 11.9 Å². The Balaban J connectivity index is 1.61. The number of allylic oxidation sites excluding steroid dienone is 1. The van der Waals surface area contributed by atoms with E-state index in [4.69, 9.17) is 9.47 Å². The van der Waals surface area contributed by atoms with Crippen molar-refractivity contribution in [3.8, 4) is 0 Å². The minimum Gasteiger partial charge on any atom is -0.459 e. The maximum Gasteiger partial charge on any atom is 0.338 e. The van der Waals surface area contributed by atoms with Gasteiger partial charge in [0, 0.05) is 18.8 Å². The van der Waals surface area contributed by atoms with Gasteiger partial charge in [-0.15, -0.1) is 0 Å². The minimum atomic E-state index is -0.710. The molecule has 1 aliphatic carbocycles. The SMILES string of the molecule is Cc1cc(C2CC(OC(=O)c3ccncc3)CC(C)(C)C2C=C[C@@H]2C[C@@H](O)CC(=O)O2)ccc1F. The largest absolute Gasteiger partial charge is 0.459 e. The lowest BCUT2D eigenvalue weighted by molar-refractivity contribution is -0.156. The van der Waals surface area contributed by atoms with E-state index in [2.05, 4.69) is 24.9 Å². The van der Waals surface area contributed by atoms with Crippen molar-refractivity contribution in [3.63, 3.8) is 0 Å². The molecule has 2 aliphatic rings. The van der Waals surface area contributed by atoms with Crippen LogP contribution in [0.1, 0.15) is 66.9 Å². The average Bonchev–Trinajstić information content (AvgIpc) is 2.79. The molecule has 1 aliphatic heterocycles. The van der Waals surface area contributed by atoms with Crippen molar-refractivity contribution < 1.29 is 28.6 Å². The number of benzene rings is 1. The summed E-state index contributed by atoms with van der Waals surface area (Å²) in [6.45, 7) is 5.99. The molecule has 0 radical (unpaired) electrons. The van der Waals surface area contributed by atoms with Crippen molar-refractivity contribution in [2.75, 3.05) is 0 Å². The monoisotopic (exact) mass is 481 g/mol. The summed E-state index contributed by atoms with van der Waals surface area (Å²) >= 11 is 0. The van der Waals surface area contributed by atoms with Gasteiger partial charge in [0.2, 0.25) is 0 Å². The second kappa shape index (κ2) is 10.3. The van der Waals surface area contributed by atoms with Gasteiger partial charge in [0.15, 0.2) is 0 Å². The highest BCUT2D eigenvalue weighted by Crippen LogP contribution is 2.50. The van der Waals surface area contributed by atoms with Gasteiger partial charge in [-0.05, 0) is 72.4 Å². The first kappa shape index (κ1) is 25.0. The Labute approximate surface area is 205 Å². The van der Waals surface area contributed by atoms with Crippen LogP contribution in [0.5, 0.6) is 0 Å². The summed E-state index contributed by atoms with van der Waals surface area (Å²) < 4.78 is 25.4. The molecule has 35 heavy (non-hydrogen) atoms. The number of pyridine rings is 1. The summed E-state index contributed by atoms with van der Waals surface area (Å²) in [4.78, 5) is 28.5. The first-order valence-corrected chi connectivity index (χ1v) is 12.1. The van der Waals surface area contributed by atoms with Gasteiger partial charge in [-0.3, -0.25) is 9.78 Å². The van der Waals surface area contributed by atoms with Gasteiger partial charge in [-0.25, -0.2) is 9.18 Å².